The molecule has 0 aliphatic heterocycles. The summed E-state index contributed by atoms with van der Waals surface area (Å²) in [5, 5.41) is 11.5. The molecule has 2 aromatic rings. The summed E-state index contributed by atoms with van der Waals surface area (Å²) in [6.45, 7) is 1.62. The molecule has 0 fully saturated rings. The number of amides is 1. The molecule has 0 atom stereocenters. The molecule has 0 spiro atoms. The van der Waals surface area contributed by atoms with Crippen molar-refractivity contribution in [3.8, 4) is 0 Å². The van der Waals surface area contributed by atoms with Gasteiger partial charge in [-0.15, -0.1) is 0 Å². The summed E-state index contributed by atoms with van der Waals surface area (Å²) in [7, 11) is 0. The van der Waals surface area contributed by atoms with Crippen LogP contribution >= 0.6 is 15.9 Å². The number of nitrogens with one attached hydrogen (secondary N) is 1. The van der Waals surface area contributed by atoms with Crippen molar-refractivity contribution in [2.75, 3.05) is 5.32 Å². The topological polar surface area (TPSA) is 66.4 Å². The van der Waals surface area contributed by atoms with Crippen LogP contribution in [-0.2, 0) is 0 Å². The molecule has 0 aliphatic carbocycles. The lowest BCUT2D eigenvalue weighted by molar-refractivity contribution is 0.0696. The Morgan fingerprint density at radius 1 is 1.14 bits per heavy atom. The molecule has 108 valence electrons. The van der Waals surface area contributed by atoms with Gasteiger partial charge in [0.25, 0.3) is 5.91 Å². The summed E-state index contributed by atoms with van der Waals surface area (Å²) in [6.07, 6.45) is 0. The van der Waals surface area contributed by atoms with Gasteiger partial charge in [-0.1, -0.05) is 15.9 Å². The number of aromatic carboxylic acids is 1. The number of aryl methyl sites for hydroxylation is 1. The number of anilines is 1. The third-order valence-electron chi connectivity index (χ3n) is 2.89. The maximum absolute atomic E-state index is 13.6. The number of hydrogen-bond acceptors (Lipinski definition) is 2. The number of halogens is 2. The lowest BCUT2D eigenvalue weighted by atomic mass is 10.1. The number of benzene rings is 2. The van der Waals surface area contributed by atoms with Gasteiger partial charge in [-0.05, 0) is 48.9 Å². The Bertz CT molecular complexity index is 731. The minimum absolute atomic E-state index is 0.0932. The molecule has 4 nitrogen and oxygen atoms in total. The molecule has 2 N–H and O–H groups in total. The van der Waals surface area contributed by atoms with E-state index < -0.39 is 17.7 Å². The molecule has 2 rings (SSSR count). The van der Waals surface area contributed by atoms with E-state index in [9.17, 15) is 14.0 Å². The number of carbonyl (C=O) groups is 2. The number of rotatable bonds is 3. The maximum atomic E-state index is 13.6. The zero-order valence-electron chi connectivity index (χ0n) is 11.0. The standard InChI is InChI=1S/C15H11BrFNO3/c1-8-6-10(3-4-11(8)15(20)21)18-14(19)12-7-9(16)2-5-13(12)17/h2-7H,1H3,(H,18,19)(H,20,21). The minimum Gasteiger partial charge on any atom is -0.478 e. The summed E-state index contributed by atoms with van der Waals surface area (Å²) in [5.41, 5.74) is 0.975. The predicted octanol–water partition coefficient (Wildman–Crippen LogP) is 3.85. The van der Waals surface area contributed by atoms with E-state index in [-0.39, 0.29) is 11.1 Å². The van der Waals surface area contributed by atoms with Crippen molar-refractivity contribution < 1.29 is 19.1 Å². The van der Waals surface area contributed by atoms with Crippen LogP contribution in [0.1, 0.15) is 26.3 Å². The van der Waals surface area contributed by atoms with Crippen LogP contribution < -0.4 is 5.32 Å². The molecule has 6 heteroatoms. The fraction of sp³-hybridized carbons (Fsp3) is 0.0667. The first-order valence-electron chi connectivity index (χ1n) is 5.99. The zero-order chi connectivity index (χ0) is 15.6. The molecule has 0 radical (unpaired) electrons. The van der Waals surface area contributed by atoms with Crippen LogP contribution in [0.3, 0.4) is 0 Å². The quantitative estimate of drug-likeness (QED) is 0.882. The molecule has 0 aromatic heterocycles. The number of hydrogen-bond donors (Lipinski definition) is 2. The fourth-order valence-corrected chi connectivity index (χ4v) is 2.21. The third kappa shape index (κ3) is 3.46. The second kappa shape index (κ2) is 6.05. The van der Waals surface area contributed by atoms with Gasteiger partial charge in [-0.25, -0.2) is 9.18 Å². The lowest BCUT2D eigenvalue weighted by Gasteiger charge is -2.08. The monoisotopic (exact) mass is 351 g/mol. The van der Waals surface area contributed by atoms with Crippen LogP contribution in [0, 0.1) is 12.7 Å². The first-order valence-corrected chi connectivity index (χ1v) is 6.78. The zero-order valence-corrected chi connectivity index (χ0v) is 12.6. The Labute approximate surface area is 128 Å². The van der Waals surface area contributed by atoms with E-state index in [0.29, 0.717) is 15.7 Å². The molecular formula is C15H11BrFNO3. The Hall–Kier alpha value is -2.21. The van der Waals surface area contributed by atoms with E-state index in [1.807, 2.05) is 0 Å². The van der Waals surface area contributed by atoms with E-state index in [1.54, 1.807) is 6.92 Å². The molecule has 0 unspecified atom stereocenters. The van der Waals surface area contributed by atoms with Crippen molar-refractivity contribution in [3.63, 3.8) is 0 Å². The van der Waals surface area contributed by atoms with Crippen molar-refractivity contribution in [1.29, 1.82) is 0 Å². The molecular weight excluding hydrogens is 341 g/mol. The van der Waals surface area contributed by atoms with Gasteiger partial charge in [0.15, 0.2) is 0 Å². The van der Waals surface area contributed by atoms with Gasteiger partial charge in [0.1, 0.15) is 5.82 Å². The van der Waals surface area contributed by atoms with Crippen LogP contribution in [-0.4, -0.2) is 17.0 Å². The molecule has 0 bridgehead atoms. The van der Waals surface area contributed by atoms with E-state index in [1.165, 1.54) is 36.4 Å². The molecule has 21 heavy (non-hydrogen) atoms. The summed E-state index contributed by atoms with van der Waals surface area (Å²) in [5.74, 6) is -2.27. The Balaban J connectivity index is 2.26. The van der Waals surface area contributed by atoms with Crippen LogP contribution in [0.5, 0.6) is 0 Å². The van der Waals surface area contributed by atoms with Gasteiger partial charge in [0.05, 0.1) is 11.1 Å². The highest BCUT2D eigenvalue weighted by molar-refractivity contribution is 9.10. The van der Waals surface area contributed by atoms with Crippen molar-refractivity contribution in [2.24, 2.45) is 0 Å². The summed E-state index contributed by atoms with van der Waals surface area (Å²) < 4.78 is 14.2. The minimum atomic E-state index is -1.04. The van der Waals surface area contributed by atoms with Crippen LogP contribution in [0.15, 0.2) is 40.9 Å². The molecule has 0 saturated heterocycles. The first-order chi connectivity index (χ1) is 9.88. The van der Waals surface area contributed by atoms with E-state index in [4.69, 9.17) is 5.11 Å². The fourth-order valence-electron chi connectivity index (χ4n) is 1.85. The maximum Gasteiger partial charge on any atom is 0.335 e. The summed E-state index contributed by atoms with van der Waals surface area (Å²) in [4.78, 5) is 22.9. The van der Waals surface area contributed by atoms with E-state index in [0.717, 1.165) is 0 Å². The highest BCUT2D eigenvalue weighted by Gasteiger charge is 2.13. The molecule has 1 amide bonds. The average molecular weight is 352 g/mol. The van der Waals surface area contributed by atoms with Gasteiger partial charge in [-0.3, -0.25) is 4.79 Å². The van der Waals surface area contributed by atoms with Crippen LogP contribution in [0.4, 0.5) is 10.1 Å². The van der Waals surface area contributed by atoms with E-state index in [2.05, 4.69) is 21.2 Å². The van der Waals surface area contributed by atoms with Crippen molar-refractivity contribution in [2.45, 2.75) is 6.92 Å². The van der Waals surface area contributed by atoms with E-state index >= 15 is 0 Å². The molecule has 2 aromatic carbocycles. The smallest absolute Gasteiger partial charge is 0.335 e. The number of carboxylic acid groups (broad SMARTS) is 1. The second-order valence-corrected chi connectivity index (χ2v) is 5.33. The SMILES string of the molecule is Cc1cc(NC(=O)c2cc(Br)ccc2F)ccc1C(=O)O. The van der Waals surface area contributed by atoms with Gasteiger partial charge < -0.3 is 10.4 Å². The normalized spacial score (nSPS) is 10.2. The highest BCUT2D eigenvalue weighted by Crippen LogP contribution is 2.19. The predicted molar refractivity (Wildman–Crippen MR) is 80.2 cm³/mol. The first kappa shape index (κ1) is 15.2. The van der Waals surface area contributed by atoms with Crippen LogP contribution in [0.2, 0.25) is 0 Å². The van der Waals surface area contributed by atoms with Gasteiger partial charge in [0, 0.05) is 10.2 Å². The van der Waals surface area contributed by atoms with Gasteiger partial charge in [-0.2, -0.15) is 0 Å². The van der Waals surface area contributed by atoms with Crippen molar-refractivity contribution >= 4 is 33.5 Å². The Morgan fingerprint density at radius 3 is 2.48 bits per heavy atom. The van der Waals surface area contributed by atoms with Crippen molar-refractivity contribution in [1.82, 2.24) is 0 Å². The van der Waals surface area contributed by atoms with Crippen LogP contribution in [0.25, 0.3) is 0 Å². The summed E-state index contributed by atoms with van der Waals surface area (Å²) >= 11 is 3.18. The molecule has 0 aliphatic rings. The Morgan fingerprint density at radius 2 is 1.86 bits per heavy atom. The third-order valence-corrected chi connectivity index (χ3v) is 3.38. The highest BCUT2D eigenvalue weighted by atomic mass is 79.9. The number of carbonyl (C=O) groups excluding carboxylic acids is 1. The van der Waals surface area contributed by atoms with Gasteiger partial charge >= 0.3 is 5.97 Å². The second-order valence-electron chi connectivity index (χ2n) is 4.41. The molecule has 0 heterocycles. The summed E-state index contributed by atoms with van der Waals surface area (Å²) in [6, 6.07) is 8.45. The lowest BCUT2D eigenvalue weighted by Crippen LogP contribution is -2.14. The largest absolute Gasteiger partial charge is 0.478 e. The van der Waals surface area contributed by atoms with Gasteiger partial charge in [0.2, 0.25) is 0 Å². The van der Waals surface area contributed by atoms with Crippen molar-refractivity contribution in [3.05, 3.63) is 63.4 Å². The Kier molecular flexibility index (Phi) is 4.37. The number of carboxylic acids is 1. The average Bonchev–Trinajstić information content (AvgIpc) is 2.41. The molecule has 0 saturated carbocycles.